The molecule has 1 amide bonds. The molecule has 46 heavy (non-hydrogen) atoms. The number of nitrogens with zero attached hydrogens (tertiary/aromatic N) is 9. The zero-order valence-electron chi connectivity index (χ0n) is 25.6. The predicted octanol–water partition coefficient (Wildman–Crippen LogP) is 5.66. The monoisotopic (exact) mass is 660 g/mol. The zero-order valence-corrected chi connectivity index (χ0v) is 27.1. The lowest BCUT2D eigenvalue weighted by Crippen LogP contribution is -2.57. The molecule has 2 aliphatic rings. The first-order valence-electron chi connectivity index (χ1n) is 15.0. The summed E-state index contributed by atoms with van der Waals surface area (Å²) in [6, 6.07) is 5.48. The number of nitrogens with one attached hydrogen (secondary N) is 1. The van der Waals surface area contributed by atoms with Gasteiger partial charge in [-0.2, -0.15) is 10.4 Å². The van der Waals surface area contributed by atoms with Crippen molar-refractivity contribution in [3.05, 3.63) is 52.4 Å². The van der Waals surface area contributed by atoms with Crippen LogP contribution in [0, 0.1) is 24.1 Å². The van der Waals surface area contributed by atoms with Crippen molar-refractivity contribution < 1.29 is 9.18 Å². The number of fused-ring (bicyclic) bond motifs is 4. The Bertz CT molecular complexity index is 2090. The molecule has 5 heterocycles. The molecule has 2 aromatic carbocycles. The number of benzene rings is 2. The van der Waals surface area contributed by atoms with E-state index in [1.165, 1.54) is 6.08 Å². The van der Waals surface area contributed by atoms with Crippen molar-refractivity contribution in [2.24, 2.45) is 0 Å². The second-order valence-corrected chi connectivity index (χ2v) is 13.1. The molecule has 0 radical (unpaired) electrons. The van der Waals surface area contributed by atoms with E-state index in [0.717, 1.165) is 0 Å². The van der Waals surface area contributed by atoms with E-state index in [2.05, 4.69) is 43.0 Å². The minimum Gasteiger partial charge on any atom is -0.351 e. The highest BCUT2D eigenvalue weighted by molar-refractivity contribution is 6.36. The van der Waals surface area contributed by atoms with E-state index in [1.54, 1.807) is 27.9 Å². The number of halogens is 3. The number of nitriles is 1. The summed E-state index contributed by atoms with van der Waals surface area (Å²) in [5, 5.41) is 27.6. The van der Waals surface area contributed by atoms with Gasteiger partial charge in [0.15, 0.2) is 17.2 Å². The lowest BCUT2D eigenvalue weighted by molar-refractivity contribution is -0.130. The number of likely N-dealkylation sites (N-methyl/N-ethyl adjacent to an activating group) is 1. The Morgan fingerprint density at radius 1 is 1.22 bits per heavy atom. The second kappa shape index (κ2) is 11.5. The van der Waals surface area contributed by atoms with Crippen LogP contribution in [-0.4, -0.2) is 91.7 Å². The number of rotatable bonds is 6. The van der Waals surface area contributed by atoms with Gasteiger partial charge in [0.1, 0.15) is 11.0 Å². The first-order valence-corrected chi connectivity index (χ1v) is 15.8. The number of piperidine rings is 1. The van der Waals surface area contributed by atoms with Gasteiger partial charge in [0.05, 0.1) is 35.3 Å². The summed E-state index contributed by atoms with van der Waals surface area (Å²) in [5.41, 5.74) is 3.37. The van der Waals surface area contributed by atoms with Crippen molar-refractivity contribution in [3.63, 3.8) is 0 Å². The fraction of sp³-hybridized carbons (Fsp3) is 0.375. The molecule has 2 atom stereocenters. The number of amides is 1. The molecule has 3 aromatic heterocycles. The molecular weight excluding hydrogens is 630 g/mol. The summed E-state index contributed by atoms with van der Waals surface area (Å²) >= 11 is 13.6. The van der Waals surface area contributed by atoms with Crippen LogP contribution < -0.4 is 4.90 Å². The largest absolute Gasteiger partial charge is 0.351 e. The number of carbonyl (C=O) groups excluding carboxylic acids is 1. The summed E-state index contributed by atoms with van der Waals surface area (Å²) in [4.78, 5) is 23.4. The van der Waals surface area contributed by atoms with Crippen molar-refractivity contribution >= 4 is 67.8 Å². The van der Waals surface area contributed by atoms with E-state index < -0.39 is 5.82 Å². The standard InChI is InChI=1S/C32H31Cl2FN10O/c1-5-25(46)44-9-7-18(10-17(44)6-8-36)45-31-20-11-23(34)27(26-16(2)22(33)12-24-21(26)13-37-39-24)28(35)29(20)38-32(30(31)40-41-45)43-14-19(15-43)42(3)4/h5,11-13,17-19H,1,6-7,9-10,14-15H2,2-4H3,(H,37,39)/t17-,18+/m1/s1. The molecule has 14 heteroatoms. The molecule has 0 aliphatic carbocycles. The summed E-state index contributed by atoms with van der Waals surface area (Å²) in [6.45, 7) is 7.27. The van der Waals surface area contributed by atoms with E-state index in [-0.39, 0.29) is 40.5 Å². The second-order valence-electron chi connectivity index (χ2n) is 12.3. The van der Waals surface area contributed by atoms with Crippen LogP contribution in [0.2, 0.25) is 10.0 Å². The van der Waals surface area contributed by atoms with Crippen LogP contribution in [0.5, 0.6) is 0 Å². The van der Waals surface area contributed by atoms with Gasteiger partial charge in [0.25, 0.3) is 0 Å². The number of anilines is 1. The highest BCUT2D eigenvalue weighted by Crippen LogP contribution is 2.45. The van der Waals surface area contributed by atoms with Gasteiger partial charge >= 0.3 is 0 Å². The molecular formula is C32H31Cl2FN10O. The maximum atomic E-state index is 17.1. The summed E-state index contributed by atoms with van der Waals surface area (Å²) < 4.78 is 18.9. The molecule has 0 unspecified atom stereocenters. The molecule has 0 saturated carbocycles. The maximum absolute atomic E-state index is 17.1. The van der Waals surface area contributed by atoms with Crippen molar-refractivity contribution in [3.8, 4) is 17.2 Å². The summed E-state index contributed by atoms with van der Waals surface area (Å²) in [5.74, 6) is -0.246. The van der Waals surface area contributed by atoms with E-state index in [1.807, 2.05) is 21.0 Å². The van der Waals surface area contributed by atoms with Gasteiger partial charge in [0, 0.05) is 58.6 Å². The van der Waals surface area contributed by atoms with E-state index >= 15 is 4.39 Å². The quantitative estimate of drug-likeness (QED) is 0.232. The van der Waals surface area contributed by atoms with Crippen LogP contribution in [0.15, 0.2) is 31.0 Å². The minimum absolute atomic E-state index is 0.141. The Balaban J connectivity index is 1.45. The lowest BCUT2D eigenvalue weighted by atomic mass is 9.94. The van der Waals surface area contributed by atoms with Crippen molar-refractivity contribution in [1.29, 1.82) is 5.26 Å². The highest BCUT2D eigenvalue weighted by atomic mass is 35.5. The number of pyridine rings is 1. The fourth-order valence-electron chi connectivity index (χ4n) is 6.85. The van der Waals surface area contributed by atoms with E-state index in [0.29, 0.717) is 87.8 Å². The number of aromatic nitrogens is 6. The average Bonchev–Trinajstić information content (AvgIpc) is 3.66. The third-order valence-corrected chi connectivity index (χ3v) is 10.2. The van der Waals surface area contributed by atoms with Gasteiger partial charge in [0.2, 0.25) is 5.91 Å². The van der Waals surface area contributed by atoms with Crippen LogP contribution in [0.25, 0.3) is 44.0 Å². The third-order valence-electron chi connectivity index (χ3n) is 9.47. The molecule has 2 saturated heterocycles. The number of hydrogen-bond acceptors (Lipinski definition) is 8. The van der Waals surface area contributed by atoms with Gasteiger partial charge in [-0.1, -0.05) is 35.0 Å². The topological polar surface area (TPSA) is 123 Å². The van der Waals surface area contributed by atoms with Crippen LogP contribution >= 0.6 is 23.2 Å². The Morgan fingerprint density at radius 2 is 2.00 bits per heavy atom. The Labute approximate surface area is 274 Å². The zero-order chi connectivity index (χ0) is 32.4. The summed E-state index contributed by atoms with van der Waals surface area (Å²) in [7, 11) is 4.06. The maximum Gasteiger partial charge on any atom is 0.246 e. The molecule has 2 fully saturated rings. The number of carbonyl (C=O) groups is 1. The van der Waals surface area contributed by atoms with E-state index in [4.69, 9.17) is 28.2 Å². The predicted molar refractivity (Wildman–Crippen MR) is 177 cm³/mol. The highest BCUT2D eigenvalue weighted by Gasteiger charge is 2.36. The van der Waals surface area contributed by atoms with Crippen molar-refractivity contribution in [2.45, 2.75) is 44.3 Å². The van der Waals surface area contributed by atoms with Gasteiger partial charge in [-0.05, 0) is 57.6 Å². The molecule has 1 N–H and O–H groups in total. The smallest absolute Gasteiger partial charge is 0.246 e. The molecule has 236 valence electrons. The SMILES string of the molecule is C=CC(=O)N1CC[C@H](n2nnc3c(N4CC(N(C)C)C4)nc4c(F)c(-c5c(C)c(Cl)cc6[nH]ncc56)c(Cl)cc4c32)C[C@H]1CC#N. The Hall–Kier alpha value is -4.31. The normalized spacial score (nSPS) is 18.9. The van der Waals surface area contributed by atoms with Gasteiger partial charge in [-0.25, -0.2) is 14.1 Å². The van der Waals surface area contributed by atoms with E-state index in [9.17, 15) is 10.1 Å². The van der Waals surface area contributed by atoms with Crippen LogP contribution in [0.3, 0.4) is 0 Å². The molecule has 0 spiro atoms. The molecule has 11 nitrogen and oxygen atoms in total. The van der Waals surface area contributed by atoms with Gasteiger partial charge in [-0.3, -0.25) is 9.89 Å². The van der Waals surface area contributed by atoms with Crippen LogP contribution in [0.1, 0.15) is 30.9 Å². The summed E-state index contributed by atoms with van der Waals surface area (Å²) in [6.07, 6.45) is 4.13. The molecule has 5 aromatic rings. The number of likely N-dealkylation sites (tertiary alicyclic amines) is 1. The van der Waals surface area contributed by atoms with Crippen molar-refractivity contribution in [2.75, 3.05) is 38.6 Å². The average molecular weight is 662 g/mol. The fourth-order valence-corrected chi connectivity index (χ4v) is 7.34. The number of aromatic amines is 1. The Morgan fingerprint density at radius 3 is 2.72 bits per heavy atom. The molecule has 2 aliphatic heterocycles. The van der Waals surface area contributed by atoms with Crippen LogP contribution in [0.4, 0.5) is 10.2 Å². The first kappa shape index (κ1) is 30.3. The van der Waals surface area contributed by atoms with Crippen molar-refractivity contribution in [1.82, 2.24) is 40.0 Å². The number of H-pyrrole nitrogens is 1. The first-order chi connectivity index (χ1) is 22.1. The van der Waals surface area contributed by atoms with Gasteiger partial charge in [-0.15, -0.1) is 5.10 Å². The van der Waals surface area contributed by atoms with Gasteiger partial charge < -0.3 is 14.7 Å². The minimum atomic E-state index is -0.579. The third kappa shape index (κ3) is 4.68. The lowest BCUT2D eigenvalue weighted by Gasteiger charge is -2.43. The van der Waals surface area contributed by atoms with Crippen LogP contribution in [-0.2, 0) is 4.79 Å². The number of hydrogen-bond donors (Lipinski definition) is 1. The molecule has 0 bridgehead atoms. The molecule has 7 rings (SSSR count). The Kier molecular flexibility index (Phi) is 7.58.